The maximum Gasteiger partial charge on any atom is 0.338 e. The van der Waals surface area contributed by atoms with Crippen LogP contribution in [0.15, 0.2) is 54.1 Å². The van der Waals surface area contributed by atoms with Gasteiger partial charge < -0.3 is 24.8 Å². The first-order chi connectivity index (χ1) is 14.9. The van der Waals surface area contributed by atoms with E-state index in [1.54, 1.807) is 45.2 Å². The molecule has 7 nitrogen and oxygen atoms in total. The Hall–Kier alpha value is -3.48. The number of carbonyl (C=O) groups is 2. The molecule has 0 aromatic heterocycles. The van der Waals surface area contributed by atoms with Crippen molar-refractivity contribution in [1.82, 2.24) is 10.6 Å². The lowest BCUT2D eigenvalue weighted by Gasteiger charge is -2.31. The summed E-state index contributed by atoms with van der Waals surface area (Å²) in [5, 5.41) is 5.65. The minimum atomic E-state index is -0.731. The van der Waals surface area contributed by atoms with Gasteiger partial charge in [-0.3, -0.25) is 0 Å². The summed E-state index contributed by atoms with van der Waals surface area (Å²) in [6.45, 7) is 6.11. The number of hydrogen-bond acceptors (Lipinski definition) is 5. The number of esters is 1. The van der Waals surface area contributed by atoms with Crippen molar-refractivity contribution < 1.29 is 23.8 Å². The molecule has 31 heavy (non-hydrogen) atoms. The zero-order valence-electron chi connectivity index (χ0n) is 18.2. The summed E-state index contributed by atoms with van der Waals surface area (Å²) in [5.74, 6) is 0.773. The third-order valence-electron chi connectivity index (χ3n) is 4.71. The Morgan fingerprint density at radius 3 is 2.45 bits per heavy atom. The van der Waals surface area contributed by atoms with Gasteiger partial charge in [0.1, 0.15) is 11.5 Å². The molecule has 2 aromatic carbocycles. The summed E-state index contributed by atoms with van der Waals surface area (Å²) in [6.07, 6.45) is 0.518. The summed E-state index contributed by atoms with van der Waals surface area (Å²) >= 11 is 0. The fourth-order valence-electron chi connectivity index (χ4n) is 3.34. The standard InChI is InChI=1S/C24H28N2O5/c1-5-14-30-19-9-7-6-8-18(19)22-20(23(27)31-15(2)3)21(25-24(28)26-22)16-10-12-17(29-4)13-11-16/h6-13,15,22H,5,14H2,1-4H3,(H2,25,26,28). The van der Waals surface area contributed by atoms with Gasteiger partial charge in [0.05, 0.1) is 37.1 Å². The van der Waals surface area contributed by atoms with E-state index >= 15 is 0 Å². The van der Waals surface area contributed by atoms with Gasteiger partial charge in [-0.05, 0) is 56.2 Å². The molecule has 2 aromatic rings. The average molecular weight is 424 g/mol. The summed E-state index contributed by atoms with van der Waals surface area (Å²) in [4.78, 5) is 25.8. The molecule has 0 saturated heterocycles. The van der Waals surface area contributed by atoms with E-state index in [1.165, 1.54) is 0 Å². The van der Waals surface area contributed by atoms with E-state index in [1.807, 2.05) is 31.2 Å². The van der Waals surface area contributed by atoms with Gasteiger partial charge in [0, 0.05) is 5.56 Å². The number of para-hydroxylation sites is 1. The first-order valence-corrected chi connectivity index (χ1v) is 10.3. The zero-order chi connectivity index (χ0) is 22.4. The molecule has 1 aliphatic heterocycles. The molecule has 1 heterocycles. The Balaban J connectivity index is 2.16. The van der Waals surface area contributed by atoms with Gasteiger partial charge >= 0.3 is 12.0 Å². The summed E-state index contributed by atoms with van der Waals surface area (Å²) in [5.41, 5.74) is 2.06. The van der Waals surface area contributed by atoms with Crippen LogP contribution in [0.3, 0.4) is 0 Å². The molecule has 2 N–H and O–H groups in total. The van der Waals surface area contributed by atoms with Crippen molar-refractivity contribution in [2.45, 2.75) is 39.3 Å². The van der Waals surface area contributed by atoms with Crippen LogP contribution in [-0.4, -0.2) is 31.8 Å². The first kappa shape index (κ1) is 22.2. The molecule has 0 fully saturated rings. The molecule has 1 atom stereocenters. The third-order valence-corrected chi connectivity index (χ3v) is 4.71. The van der Waals surface area contributed by atoms with E-state index in [4.69, 9.17) is 14.2 Å². The minimum absolute atomic E-state index is 0.311. The molecule has 0 bridgehead atoms. The van der Waals surface area contributed by atoms with E-state index in [-0.39, 0.29) is 6.10 Å². The smallest absolute Gasteiger partial charge is 0.338 e. The van der Waals surface area contributed by atoms with Gasteiger partial charge in [-0.25, -0.2) is 9.59 Å². The van der Waals surface area contributed by atoms with Crippen LogP contribution in [0.4, 0.5) is 4.79 Å². The van der Waals surface area contributed by atoms with Crippen molar-refractivity contribution >= 4 is 17.7 Å². The zero-order valence-corrected chi connectivity index (χ0v) is 18.2. The Bertz CT molecular complexity index is 966. The predicted molar refractivity (Wildman–Crippen MR) is 118 cm³/mol. The molecule has 1 aliphatic rings. The van der Waals surface area contributed by atoms with Gasteiger partial charge in [0.2, 0.25) is 0 Å². The highest BCUT2D eigenvalue weighted by molar-refractivity contribution is 6.04. The SMILES string of the molecule is CCCOc1ccccc1C1NC(=O)NC(c2ccc(OC)cc2)=C1C(=O)OC(C)C. The maximum atomic E-state index is 13.2. The number of nitrogens with one attached hydrogen (secondary N) is 2. The van der Waals surface area contributed by atoms with Crippen LogP contribution in [0.5, 0.6) is 11.5 Å². The summed E-state index contributed by atoms with van der Waals surface area (Å²) in [7, 11) is 1.58. The molecule has 3 rings (SSSR count). The molecule has 0 spiro atoms. The van der Waals surface area contributed by atoms with Crippen molar-refractivity contribution in [3.63, 3.8) is 0 Å². The van der Waals surface area contributed by atoms with Crippen molar-refractivity contribution in [2.75, 3.05) is 13.7 Å². The van der Waals surface area contributed by atoms with Crippen molar-refractivity contribution in [1.29, 1.82) is 0 Å². The maximum absolute atomic E-state index is 13.2. The average Bonchev–Trinajstić information content (AvgIpc) is 2.76. The number of ether oxygens (including phenoxy) is 3. The lowest BCUT2D eigenvalue weighted by Crippen LogP contribution is -2.45. The van der Waals surface area contributed by atoms with Gasteiger partial charge in [0.25, 0.3) is 0 Å². The quantitative estimate of drug-likeness (QED) is 0.621. The lowest BCUT2D eigenvalue weighted by atomic mass is 9.92. The van der Waals surface area contributed by atoms with Crippen molar-refractivity contribution in [3.05, 3.63) is 65.2 Å². The van der Waals surface area contributed by atoms with E-state index in [0.29, 0.717) is 40.5 Å². The molecule has 1 unspecified atom stereocenters. The molecule has 2 amide bonds. The van der Waals surface area contributed by atoms with Crippen LogP contribution in [0.2, 0.25) is 0 Å². The van der Waals surface area contributed by atoms with E-state index in [2.05, 4.69) is 10.6 Å². The third kappa shape index (κ3) is 5.17. The Morgan fingerprint density at radius 2 is 1.81 bits per heavy atom. The number of rotatable bonds is 8. The second-order valence-corrected chi connectivity index (χ2v) is 7.39. The van der Waals surface area contributed by atoms with Crippen LogP contribution < -0.4 is 20.1 Å². The minimum Gasteiger partial charge on any atom is -0.497 e. The molecule has 0 saturated carbocycles. The summed E-state index contributed by atoms with van der Waals surface area (Å²) in [6, 6.07) is 13.4. The number of urea groups is 1. The van der Waals surface area contributed by atoms with Crippen LogP contribution in [0.1, 0.15) is 44.4 Å². The Morgan fingerprint density at radius 1 is 1.10 bits per heavy atom. The Kier molecular flexibility index (Phi) is 7.18. The fraction of sp³-hybridized carbons (Fsp3) is 0.333. The van der Waals surface area contributed by atoms with Crippen molar-refractivity contribution in [2.24, 2.45) is 0 Å². The molecule has 7 heteroatoms. The number of methoxy groups -OCH3 is 1. The van der Waals surface area contributed by atoms with E-state index in [0.717, 1.165) is 6.42 Å². The van der Waals surface area contributed by atoms with E-state index < -0.39 is 18.0 Å². The molecule has 0 aliphatic carbocycles. The molecular weight excluding hydrogens is 396 g/mol. The van der Waals surface area contributed by atoms with Gasteiger partial charge in [-0.1, -0.05) is 25.1 Å². The largest absolute Gasteiger partial charge is 0.497 e. The molecule has 164 valence electrons. The highest BCUT2D eigenvalue weighted by Gasteiger charge is 2.36. The van der Waals surface area contributed by atoms with Crippen molar-refractivity contribution in [3.8, 4) is 11.5 Å². The van der Waals surface area contributed by atoms with Gasteiger partial charge in [-0.15, -0.1) is 0 Å². The number of amides is 2. The predicted octanol–water partition coefficient (Wildman–Crippen LogP) is 4.20. The van der Waals surface area contributed by atoms with Crippen LogP contribution in [0.25, 0.3) is 5.70 Å². The van der Waals surface area contributed by atoms with Crippen LogP contribution >= 0.6 is 0 Å². The normalized spacial score (nSPS) is 15.9. The molecule has 0 radical (unpaired) electrons. The lowest BCUT2D eigenvalue weighted by molar-refractivity contribution is -0.143. The fourth-order valence-corrected chi connectivity index (χ4v) is 3.34. The van der Waals surface area contributed by atoms with Crippen LogP contribution in [0, 0.1) is 0 Å². The van der Waals surface area contributed by atoms with Crippen LogP contribution in [-0.2, 0) is 9.53 Å². The highest BCUT2D eigenvalue weighted by Crippen LogP contribution is 2.36. The number of carbonyl (C=O) groups excluding carboxylic acids is 2. The highest BCUT2D eigenvalue weighted by atomic mass is 16.5. The Labute approximate surface area is 182 Å². The molecular formula is C24H28N2O5. The van der Waals surface area contributed by atoms with Gasteiger partial charge in [-0.2, -0.15) is 0 Å². The number of hydrogen-bond donors (Lipinski definition) is 2. The van der Waals surface area contributed by atoms with E-state index in [9.17, 15) is 9.59 Å². The second-order valence-electron chi connectivity index (χ2n) is 7.39. The number of benzene rings is 2. The monoisotopic (exact) mass is 424 g/mol. The topological polar surface area (TPSA) is 85.9 Å². The summed E-state index contributed by atoms with van der Waals surface area (Å²) < 4.78 is 16.7. The van der Waals surface area contributed by atoms with Gasteiger partial charge in [0.15, 0.2) is 0 Å². The second kappa shape index (κ2) is 10.0. The first-order valence-electron chi connectivity index (χ1n) is 10.3.